The molecule has 2 N–H and O–H groups in total. The second-order valence-corrected chi connectivity index (χ2v) is 4.26. The molecule has 2 nitrogen and oxygen atoms in total. The van der Waals surface area contributed by atoms with Crippen LogP contribution in [0, 0.1) is 0 Å². The number of hydrogen-bond acceptors (Lipinski definition) is 2. The molecule has 0 spiro atoms. The van der Waals surface area contributed by atoms with E-state index in [-0.39, 0.29) is 12.4 Å². The first-order valence-corrected chi connectivity index (χ1v) is 6.08. The third-order valence-electron chi connectivity index (χ3n) is 2.91. The van der Waals surface area contributed by atoms with Gasteiger partial charge in [0.25, 0.3) is 0 Å². The number of benzene rings is 2. The van der Waals surface area contributed by atoms with E-state index in [4.69, 9.17) is 10.5 Å². The van der Waals surface area contributed by atoms with Gasteiger partial charge in [0, 0.05) is 6.54 Å². The van der Waals surface area contributed by atoms with E-state index >= 15 is 0 Å². The maximum absolute atomic E-state index is 12.8. The predicted octanol–water partition coefficient (Wildman–Crippen LogP) is 3.74. The fraction of sp³-hybridized carbons (Fsp3) is 0.200. The fourth-order valence-corrected chi connectivity index (χ4v) is 1.88. The molecule has 0 amide bonds. The van der Waals surface area contributed by atoms with Crippen LogP contribution in [0.1, 0.15) is 16.7 Å². The summed E-state index contributed by atoms with van der Waals surface area (Å²) in [5.41, 5.74) is 6.45. The fourth-order valence-electron chi connectivity index (χ4n) is 1.88. The van der Waals surface area contributed by atoms with Gasteiger partial charge in [-0.3, -0.25) is 0 Å². The quantitative estimate of drug-likeness (QED) is 0.926. The van der Waals surface area contributed by atoms with Crippen molar-refractivity contribution >= 4 is 0 Å². The highest BCUT2D eigenvalue weighted by molar-refractivity contribution is 5.36. The normalized spacial score (nSPS) is 11.4. The van der Waals surface area contributed by atoms with Crippen molar-refractivity contribution < 1.29 is 17.9 Å². The Kier molecular flexibility index (Phi) is 4.29. The van der Waals surface area contributed by atoms with E-state index in [1.165, 1.54) is 18.2 Å². The maximum Gasteiger partial charge on any atom is 0.419 e. The van der Waals surface area contributed by atoms with E-state index in [1.54, 1.807) is 12.1 Å². The summed E-state index contributed by atoms with van der Waals surface area (Å²) in [4.78, 5) is 0. The second-order valence-electron chi connectivity index (χ2n) is 4.26. The van der Waals surface area contributed by atoms with E-state index < -0.39 is 11.7 Å². The number of para-hydroxylation sites is 1. The van der Waals surface area contributed by atoms with Crippen molar-refractivity contribution in [3.8, 4) is 5.75 Å². The van der Waals surface area contributed by atoms with Crippen LogP contribution in [-0.4, -0.2) is 0 Å². The SMILES string of the molecule is NCc1ccccc1COc1ccccc1C(F)(F)F. The molecule has 2 aromatic rings. The van der Waals surface area contributed by atoms with Gasteiger partial charge < -0.3 is 10.5 Å². The molecular weight excluding hydrogens is 267 g/mol. The van der Waals surface area contributed by atoms with Crippen LogP contribution >= 0.6 is 0 Å². The summed E-state index contributed by atoms with van der Waals surface area (Å²) in [5, 5.41) is 0. The molecule has 0 aliphatic rings. The Labute approximate surface area is 115 Å². The number of ether oxygens (including phenoxy) is 1. The van der Waals surface area contributed by atoms with Crippen LogP contribution in [0.15, 0.2) is 48.5 Å². The Bertz CT molecular complexity index is 581. The van der Waals surface area contributed by atoms with Crippen molar-refractivity contribution in [1.29, 1.82) is 0 Å². The van der Waals surface area contributed by atoms with Gasteiger partial charge in [-0.2, -0.15) is 13.2 Å². The zero-order valence-electron chi connectivity index (χ0n) is 10.7. The van der Waals surface area contributed by atoms with E-state index in [1.807, 2.05) is 12.1 Å². The lowest BCUT2D eigenvalue weighted by atomic mass is 10.1. The first-order chi connectivity index (χ1) is 9.52. The van der Waals surface area contributed by atoms with Gasteiger partial charge in [-0.25, -0.2) is 0 Å². The van der Waals surface area contributed by atoms with Crippen molar-refractivity contribution in [2.24, 2.45) is 5.73 Å². The number of halogens is 3. The van der Waals surface area contributed by atoms with E-state index in [9.17, 15) is 13.2 Å². The molecule has 0 saturated heterocycles. The summed E-state index contributed by atoms with van der Waals surface area (Å²) in [7, 11) is 0. The third-order valence-corrected chi connectivity index (χ3v) is 2.91. The topological polar surface area (TPSA) is 35.2 Å². The number of hydrogen-bond donors (Lipinski definition) is 1. The zero-order chi connectivity index (χ0) is 14.6. The number of nitrogens with two attached hydrogens (primary N) is 1. The molecule has 0 aliphatic heterocycles. The van der Waals surface area contributed by atoms with Gasteiger partial charge in [0.05, 0.1) is 5.56 Å². The summed E-state index contributed by atoms with van der Waals surface area (Å²) in [6.45, 7) is 0.376. The Balaban J connectivity index is 2.20. The molecule has 0 atom stereocenters. The molecule has 0 fully saturated rings. The molecule has 0 bridgehead atoms. The Morgan fingerprint density at radius 1 is 0.900 bits per heavy atom. The lowest BCUT2D eigenvalue weighted by Gasteiger charge is -2.14. The second kappa shape index (κ2) is 5.96. The largest absolute Gasteiger partial charge is 0.488 e. The highest BCUT2D eigenvalue weighted by atomic mass is 19.4. The van der Waals surface area contributed by atoms with Crippen molar-refractivity contribution in [2.45, 2.75) is 19.3 Å². The standard InChI is InChI=1S/C15H14F3NO/c16-15(17,18)13-7-3-4-8-14(13)20-10-12-6-2-1-5-11(12)9-19/h1-8H,9-10,19H2. The molecule has 0 radical (unpaired) electrons. The highest BCUT2D eigenvalue weighted by Gasteiger charge is 2.33. The van der Waals surface area contributed by atoms with Crippen molar-refractivity contribution in [2.75, 3.05) is 0 Å². The molecule has 0 saturated carbocycles. The van der Waals surface area contributed by atoms with Crippen LogP contribution in [0.5, 0.6) is 5.75 Å². The number of rotatable bonds is 4. The molecule has 5 heteroatoms. The summed E-state index contributed by atoms with van der Waals surface area (Å²) in [6, 6.07) is 12.4. The van der Waals surface area contributed by atoms with Gasteiger partial charge in [-0.1, -0.05) is 36.4 Å². The van der Waals surface area contributed by atoms with Gasteiger partial charge in [0.15, 0.2) is 0 Å². The average Bonchev–Trinajstić information content (AvgIpc) is 2.44. The van der Waals surface area contributed by atoms with Gasteiger partial charge in [0.1, 0.15) is 12.4 Å². The average molecular weight is 281 g/mol. The maximum atomic E-state index is 12.8. The van der Waals surface area contributed by atoms with Crippen LogP contribution < -0.4 is 10.5 Å². The van der Waals surface area contributed by atoms with E-state index in [0.29, 0.717) is 6.54 Å². The lowest BCUT2D eigenvalue weighted by Crippen LogP contribution is -2.09. The van der Waals surface area contributed by atoms with Crippen molar-refractivity contribution in [3.63, 3.8) is 0 Å². The zero-order valence-corrected chi connectivity index (χ0v) is 10.7. The Hall–Kier alpha value is -2.01. The first kappa shape index (κ1) is 14.4. The molecule has 0 heterocycles. The monoisotopic (exact) mass is 281 g/mol. The predicted molar refractivity (Wildman–Crippen MR) is 70.1 cm³/mol. The highest BCUT2D eigenvalue weighted by Crippen LogP contribution is 2.36. The summed E-state index contributed by atoms with van der Waals surface area (Å²) in [5.74, 6) is -0.174. The molecule has 0 aliphatic carbocycles. The van der Waals surface area contributed by atoms with Crippen LogP contribution in [0.25, 0.3) is 0 Å². The third kappa shape index (κ3) is 3.30. The van der Waals surface area contributed by atoms with E-state index in [2.05, 4.69) is 0 Å². The minimum atomic E-state index is -4.43. The van der Waals surface area contributed by atoms with Crippen LogP contribution in [-0.2, 0) is 19.3 Å². The Morgan fingerprint density at radius 3 is 2.15 bits per heavy atom. The van der Waals surface area contributed by atoms with Gasteiger partial charge >= 0.3 is 6.18 Å². The summed E-state index contributed by atoms with van der Waals surface area (Å²) in [6.07, 6.45) is -4.43. The van der Waals surface area contributed by atoms with Gasteiger partial charge in [-0.15, -0.1) is 0 Å². The number of alkyl halides is 3. The van der Waals surface area contributed by atoms with Crippen LogP contribution in [0.4, 0.5) is 13.2 Å². The van der Waals surface area contributed by atoms with Crippen LogP contribution in [0.2, 0.25) is 0 Å². The first-order valence-electron chi connectivity index (χ1n) is 6.08. The molecule has 2 rings (SSSR count). The molecule has 0 aromatic heterocycles. The van der Waals surface area contributed by atoms with Gasteiger partial charge in [-0.05, 0) is 23.3 Å². The molecule has 0 unspecified atom stereocenters. The summed E-state index contributed by atoms with van der Waals surface area (Å²) >= 11 is 0. The lowest BCUT2D eigenvalue weighted by molar-refractivity contribution is -0.139. The smallest absolute Gasteiger partial charge is 0.419 e. The molecule has 20 heavy (non-hydrogen) atoms. The molecule has 2 aromatic carbocycles. The summed E-state index contributed by atoms with van der Waals surface area (Å²) < 4.78 is 43.8. The van der Waals surface area contributed by atoms with Crippen LogP contribution in [0.3, 0.4) is 0 Å². The van der Waals surface area contributed by atoms with E-state index in [0.717, 1.165) is 17.2 Å². The van der Waals surface area contributed by atoms with Crippen molar-refractivity contribution in [1.82, 2.24) is 0 Å². The Morgan fingerprint density at radius 2 is 1.50 bits per heavy atom. The minimum absolute atomic E-state index is 0.0560. The van der Waals surface area contributed by atoms with Gasteiger partial charge in [0.2, 0.25) is 0 Å². The molecular formula is C15H14F3NO. The van der Waals surface area contributed by atoms with Crippen molar-refractivity contribution in [3.05, 3.63) is 65.2 Å². The minimum Gasteiger partial charge on any atom is -0.488 e. The molecule has 106 valence electrons.